The third-order valence-electron chi connectivity index (χ3n) is 3.84. The number of nitrogens with two attached hydrogens (primary N) is 1. The Labute approximate surface area is 125 Å². The number of benzene rings is 2. The highest BCUT2D eigenvalue weighted by atomic mass is 15.1. The van der Waals surface area contributed by atoms with E-state index in [9.17, 15) is 0 Å². The maximum atomic E-state index is 6.05. The molecule has 0 atom stereocenters. The third-order valence-corrected chi connectivity index (χ3v) is 3.84. The standard InChI is InChI=1S/C18H21N3/c1-18(2,3)14-10-8-13(9-11-14)12-21-16-7-5-4-6-15(16)20-17(21)19/h4-11H,12H2,1-3H3,(H2,19,20). The second-order valence-electron chi connectivity index (χ2n) is 6.49. The predicted molar refractivity (Wildman–Crippen MR) is 88.4 cm³/mol. The normalized spacial score (nSPS) is 12.0. The number of nitrogen functional groups attached to an aromatic ring is 1. The average Bonchev–Trinajstić information content (AvgIpc) is 2.75. The number of hydrogen-bond donors (Lipinski definition) is 1. The van der Waals surface area contributed by atoms with Gasteiger partial charge in [-0.25, -0.2) is 4.98 Å². The first kappa shape index (κ1) is 13.7. The first-order valence-electron chi connectivity index (χ1n) is 7.25. The minimum absolute atomic E-state index is 0.180. The van der Waals surface area contributed by atoms with Crippen LogP contribution in [-0.4, -0.2) is 9.55 Å². The summed E-state index contributed by atoms with van der Waals surface area (Å²) >= 11 is 0. The molecule has 1 aromatic heterocycles. The molecule has 2 N–H and O–H groups in total. The van der Waals surface area contributed by atoms with Gasteiger partial charge in [0.15, 0.2) is 0 Å². The fourth-order valence-electron chi connectivity index (χ4n) is 2.55. The number of aromatic nitrogens is 2. The van der Waals surface area contributed by atoms with Gasteiger partial charge in [-0.15, -0.1) is 0 Å². The Morgan fingerprint density at radius 1 is 1.00 bits per heavy atom. The van der Waals surface area contributed by atoms with E-state index in [-0.39, 0.29) is 5.41 Å². The van der Waals surface area contributed by atoms with E-state index < -0.39 is 0 Å². The van der Waals surface area contributed by atoms with Crippen LogP contribution in [0.4, 0.5) is 5.95 Å². The van der Waals surface area contributed by atoms with E-state index >= 15 is 0 Å². The summed E-state index contributed by atoms with van der Waals surface area (Å²) < 4.78 is 2.06. The number of para-hydroxylation sites is 2. The predicted octanol–water partition coefficient (Wildman–Crippen LogP) is 3.96. The van der Waals surface area contributed by atoms with Crippen LogP contribution in [0, 0.1) is 0 Å². The Morgan fingerprint density at radius 2 is 1.67 bits per heavy atom. The van der Waals surface area contributed by atoms with E-state index in [0.29, 0.717) is 5.95 Å². The van der Waals surface area contributed by atoms with Gasteiger partial charge in [0.05, 0.1) is 17.6 Å². The summed E-state index contributed by atoms with van der Waals surface area (Å²) in [5.74, 6) is 0.566. The number of nitrogens with zero attached hydrogens (tertiary/aromatic N) is 2. The molecule has 3 rings (SSSR count). The molecule has 0 bridgehead atoms. The van der Waals surface area contributed by atoms with Gasteiger partial charge in [0.1, 0.15) is 0 Å². The molecule has 3 heteroatoms. The van der Waals surface area contributed by atoms with Crippen molar-refractivity contribution < 1.29 is 0 Å². The summed E-state index contributed by atoms with van der Waals surface area (Å²) in [6, 6.07) is 16.8. The number of rotatable bonds is 2. The van der Waals surface area contributed by atoms with Gasteiger partial charge in [0, 0.05) is 0 Å². The number of anilines is 1. The lowest BCUT2D eigenvalue weighted by molar-refractivity contribution is 0.590. The van der Waals surface area contributed by atoms with Crippen molar-refractivity contribution in [2.24, 2.45) is 0 Å². The first-order chi connectivity index (χ1) is 9.95. The summed E-state index contributed by atoms with van der Waals surface area (Å²) in [6.45, 7) is 7.42. The van der Waals surface area contributed by atoms with Crippen molar-refractivity contribution in [3.05, 3.63) is 59.7 Å². The lowest BCUT2D eigenvalue weighted by Gasteiger charge is -2.19. The SMILES string of the molecule is CC(C)(C)c1ccc(Cn2c(N)nc3ccccc32)cc1. The highest BCUT2D eigenvalue weighted by molar-refractivity contribution is 5.78. The molecule has 21 heavy (non-hydrogen) atoms. The smallest absolute Gasteiger partial charge is 0.201 e. The fraction of sp³-hybridized carbons (Fsp3) is 0.278. The molecule has 0 fully saturated rings. The molecule has 2 aromatic carbocycles. The molecule has 3 nitrogen and oxygen atoms in total. The van der Waals surface area contributed by atoms with Gasteiger partial charge in [-0.1, -0.05) is 57.2 Å². The summed E-state index contributed by atoms with van der Waals surface area (Å²) in [4.78, 5) is 4.41. The van der Waals surface area contributed by atoms with Crippen LogP contribution >= 0.6 is 0 Å². The Kier molecular flexibility index (Phi) is 3.20. The molecule has 0 aliphatic carbocycles. The van der Waals surface area contributed by atoms with Crippen LogP contribution in [0.1, 0.15) is 31.9 Å². The van der Waals surface area contributed by atoms with Gasteiger partial charge in [0.25, 0.3) is 0 Å². The summed E-state index contributed by atoms with van der Waals surface area (Å²) in [7, 11) is 0. The summed E-state index contributed by atoms with van der Waals surface area (Å²) in [6.07, 6.45) is 0. The molecular weight excluding hydrogens is 258 g/mol. The number of hydrogen-bond acceptors (Lipinski definition) is 2. The van der Waals surface area contributed by atoms with Gasteiger partial charge in [-0.05, 0) is 28.7 Å². The molecule has 0 radical (unpaired) electrons. The van der Waals surface area contributed by atoms with Crippen molar-refractivity contribution in [2.75, 3.05) is 5.73 Å². The van der Waals surface area contributed by atoms with E-state index in [4.69, 9.17) is 5.73 Å². The lowest BCUT2D eigenvalue weighted by atomic mass is 9.87. The fourth-order valence-corrected chi connectivity index (χ4v) is 2.55. The minimum Gasteiger partial charge on any atom is -0.369 e. The van der Waals surface area contributed by atoms with Gasteiger partial charge in [-0.3, -0.25) is 0 Å². The molecule has 3 aromatic rings. The molecule has 0 amide bonds. The van der Waals surface area contributed by atoms with Gasteiger partial charge < -0.3 is 10.3 Å². The number of imidazole rings is 1. The molecule has 0 unspecified atom stereocenters. The van der Waals surface area contributed by atoms with Crippen LogP contribution in [0.2, 0.25) is 0 Å². The van der Waals surface area contributed by atoms with Crippen molar-refractivity contribution in [3.8, 4) is 0 Å². The van der Waals surface area contributed by atoms with Crippen LogP contribution in [0.3, 0.4) is 0 Å². The van der Waals surface area contributed by atoms with Gasteiger partial charge in [0.2, 0.25) is 5.95 Å². The molecular formula is C18H21N3. The summed E-state index contributed by atoms with van der Waals surface area (Å²) in [5.41, 5.74) is 10.8. The van der Waals surface area contributed by atoms with Crippen molar-refractivity contribution in [1.29, 1.82) is 0 Å². The van der Waals surface area contributed by atoms with Crippen LogP contribution in [0.5, 0.6) is 0 Å². The monoisotopic (exact) mass is 279 g/mol. The van der Waals surface area contributed by atoms with Crippen LogP contribution in [0.15, 0.2) is 48.5 Å². The highest BCUT2D eigenvalue weighted by Gasteiger charge is 2.13. The lowest BCUT2D eigenvalue weighted by Crippen LogP contribution is -2.11. The Balaban J connectivity index is 1.94. The van der Waals surface area contributed by atoms with E-state index in [1.165, 1.54) is 11.1 Å². The Morgan fingerprint density at radius 3 is 2.33 bits per heavy atom. The zero-order valence-electron chi connectivity index (χ0n) is 12.8. The van der Waals surface area contributed by atoms with Crippen molar-refractivity contribution >= 4 is 17.0 Å². The summed E-state index contributed by atoms with van der Waals surface area (Å²) in [5, 5.41) is 0. The zero-order chi connectivity index (χ0) is 15.0. The van der Waals surface area contributed by atoms with Crippen LogP contribution in [0.25, 0.3) is 11.0 Å². The maximum absolute atomic E-state index is 6.05. The Hall–Kier alpha value is -2.29. The van der Waals surface area contributed by atoms with Gasteiger partial charge in [-0.2, -0.15) is 0 Å². The average molecular weight is 279 g/mol. The molecule has 0 saturated carbocycles. The van der Waals surface area contributed by atoms with Crippen LogP contribution < -0.4 is 5.73 Å². The van der Waals surface area contributed by atoms with E-state index in [1.807, 2.05) is 18.2 Å². The molecule has 0 aliphatic rings. The molecule has 0 aliphatic heterocycles. The van der Waals surface area contributed by atoms with E-state index in [1.54, 1.807) is 0 Å². The van der Waals surface area contributed by atoms with Crippen molar-refractivity contribution in [3.63, 3.8) is 0 Å². The molecule has 0 spiro atoms. The first-order valence-corrected chi connectivity index (χ1v) is 7.25. The second-order valence-corrected chi connectivity index (χ2v) is 6.49. The number of fused-ring (bicyclic) bond motifs is 1. The third kappa shape index (κ3) is 2.64. The van der Waals surface area contributed by atoms with E-state index in [2.05, 4.69) is 60.7 Å². The zero-order valence-corrected chi connectivity index (χ0v) is 12.8. The maximum Gasteiger partial charge on any atom is 0.201 e. The second kappa shape index (κ2) is 4.92. The van der Waals surface area contributed by atoms with Crippen molar-refractivity contribution in [1.82, 2.24) is 9.55 Å². The van der Waals surface area contributed by atoms with Crippen molar-refractivity contribution in [2.45, 2.75) is 32.7 Å². The Bertz CT molecular complexity index is 761. The highest BCUT2D eigenvalue weighted by Crippen LogP contribution is 2.23. The largest absolute Gasteiger partial charge is 0.369 e. The molecule has 108 valence electrons. The topological polar surface area (TPSA) is 43.8 Å². The van der Waals surface area contributed by atoms with Gasteiger partial charge >= 0.3 is 0 Å². The molecule has 0 saturated heterocycles. The molecule has 1 heterocycles. The van der Waals surface area contributed by atoms with Crippen LogP contribution in [-0.2, 0) is 12.0 Å². The minimum atomic E-state index is 0.180. The quantitative estimate of drug-likeness (QED) is 0.771. The van der Waals surface area contributed by atoms with E-state index in [0.717, 1.165) is 17.6 Å².